The highest BCUT2D eigenvalue weighted by Gasteiger charge is 2.31. The molecule has 0 aliphatic carbocycles. The summed E-state index contributed by atoms with van der Waals surface area (Å²) in [6, 6.07) is 10.3. The van der Waals surface area contributed by atoms with Gasteiger partial charge in [0.2, 0.25) is 5.91 Å². The predicted molar refractivity (Wildman–Crippen MR) is 93.4 cm³/mol. The van der Waals surface area contributed by atoms with E-state index in [9.17, 15) is 13.2 Å². The lowest BCUT2D eigenvalue weighted by Crippen LogP contribution is -2.42. The van der Waals surface area contributed by atoms with Crippen molar-refractivity contribution < 1.29 is 13.2 Å². The van der Waals surface area contributed by atoms with E-state index in [0.717, 1.165) is 0 Å². The second-order valence-corrected chi connectivity index (χ2v) is 8.02. The number of thioether (sulfide) groups is 1. The summed E-state index contributed by atoms with van der Waals surface area (Å²) >= 11 is 1.22. The lowest BCUT2D eigenvalue weighted by Gasteiger charge is -2.27. The number of sulfone groups is 1. The number of amides is 1. The minimum absolute atomic E-state index is 0.0971. The van der Waals surface area contributed by atoms with Crippen LogP contribution in [-0.4, -0.2) is 41.8 Å². The molecule has 0 bridgehead atoms. The highest BCUT2D eigenvalue weighted by Crippen LogP contribution is 2.24. The van der Waals surface area contributed by atoms with Gasteiger partial charge in [-0.25, -0.2) is 18.4 Å². The summed E-state index contributed by atoms with van der Waals surface area (Å²) in [5, 5.41) is 1.68. The Morgan fingerprint density at radius 1 is 1.17 bits per heavy atom. The Balaban J connectivity index is 1.80. The molecule has 1 aliphatic heterocycles. The van der Waals surface area contributed by atoms with Crippen LogP contribution in [0.2, 0.25) is 0 Å². The first-order chi connectivity index (χ1) is 11.6. The van der Waals surface area contributed by atoms with Gasteiger partial charge in [0.25, 0.3) is 0 Å². The number of benzene rings is 1. The van der Waals surface area contributed by atoms with Crippen LogP contribution in [0.4, 0.5) is 5.69 Å². The van der Waals surface area contributed by atoms with E-state index in [1.807, 2.05) is 18.2 Å². The number of carbonyl (C=O) groups is 1. The summed E-state index contributed by atoms with van der Waals surface area (Å²) in [7, 11) is -3.26. The maximum Gasteiger partial charge on any atom is 0.238 e. The van der Waals surface area contributed by atoms with E-state index in [1.54, 1.807) is 36.7 Å². The summed E-state index contributed by atoms with van der Waals surface area (Å²) in [5.74, 6) is -0.158. The van der Waals surface area contributed by atoms with Gasteiger partial charge in [0.1, 0.15) is 0 Å². The van der Waals surface area contributed by atoms with E-state index in [4.69, 9.17) is 0 Å². The molecule has 0 radical (unpaired) electrons. The van der Waals surface area contributed by atoms with Gasteiger partial charge in [-0.15, -0.1) is 0 Å². The summed E-state index contributed by atoms with van der Waals surface area (Å²) in [6.45, 7) is 0. The molecule has 2 aromatic rings. The first-order valence-electron chi connectivity index (χ1n) is 7.23. The van der Waals surface area contributed by atoms with Gasteiger partial charge < -0.3 is 4.90 Å². The topological polar surface area (TPSA) is 80.2 Å². The van der Waals surface area contributed by atoms with Crippen molar-refractivity contribution in [1.29, 1.82) is 0 Å². The third-order valence-corrected chi connectivity index (χ3v) is 5.65. The average molecular weight is 361 g/mol. The van der Waals surface area contributed by atoms with Crippen LogP contribution in [0.15, 0.2) is 65.4 Å². The molecule has 0 saturated carbocycles. The molecule has 0 saturated heterocycles. The molecule has 1 amide bonds. The Labute approximate surface area is 144 Å². The molecule has 0 N–H and O–H groups in total. The van der Waals surface area contributed by atoms with E-state index < -0.39 is 15.9 Å². The Morgan fingerprint density at radius 2 is 1.88 bits per heavy atom. The van der Waals surface area contributed by atoms with Crippen molar-refractivity contribution in [2.75, 3.05) is 16.4 Å². The summed E-state index contributed by atoms with van der Waals surface area (Å²) in [5.41, 5.74) is 0.670. The van der Waals surface area contributed by atoms with E-state index in [1.165, 1.54) is 22.1 Å². The van der Waals surface area contributed by atoms with E-state index in [0.29, 0.717) is 10.8 Å². The van der Waals surface area contributed by atoms with Crippen LogP contribution in [0.5, 0.6) is 0 Å². The summed E-state index contributed by atoms with van der Waals surface area (Å²) in [4.78, 5) is 22.4. The molecule has 1 atom stereocenters. The van der Waals surface area contributed by atoms with Crippen LogP contribution in [0.25, 0.3) is 0 Å². The third kappa shape index (κ3) is 4.01. The van der Waals surface area contributed by atoms with Crippen molar-refractivity contribution in [3.05, 3.63) is 60.3 Å². The average Bonchev–Trinajstić information content (AvgIpc) is 2.95. The zero-order valence-corrected chi connectivity index (χ0v) is 14.3. The van der Waals surface area contributed by atoms with Crippen molar-refractivity contribution in [1.82, 2.24) is 9.97 Å². The molecule has 1 aromatic carbocycles. The number of carbonyl (C=O) groups excluding carboxylic acids is 1. The molecule has 8 heteroatoms. The molecular weight excluding hydrogens is 346 g/mol. The molecule has 1 aliphatic rings. The summed E-state index contributed by atoms with van der Waals surface area (Å²) < 4.78 is 23.5. The first-order valence-corrected chi connectivity index (χ1v) is 9.93. The molecule has 0 unspecified atom stereocenters. The molecule has 3 rings (SSSR count). The Hall–Kier alpha value is -2.19. The fraction of sp³-hybridized carbons (Fsp3) is 0.188. The normalized spacial score (nSPS) is 18.4. The SMILES string of the molecule is O=C(CSc1ncccn1)N(c1ccccc1)[C@H]1C=CS(=O)(=O)C1. The predicted octanol–water partition coefficient (Wildman–Crippen LogP) is 1.91. The molecule has 0 fully saturated rings. The zero-order valence-electron chi connectivity index (χ0n) is 12.6. The lowest BCUT2D eigenvalue weighted by atomic mass is 10.2. The Kier molecular flexibility index (Phi) is 4.96. The van der Waals surface area contributed by atoms with Gasteiger partial charge in [-0.1, -0.05) is 30.0 Å². The molecule has 6 nitrogen and oxygen atoms in total. The van der Waals surface area contributed by atoms with Gasteiger partial charge in [-0.2, -0.15) is 0 Å². The van der Waals surface area contributed by atoms with Gasteiger partial charge in [-0.05, 0) is 24.3 Å². The van der Waals surface area contributed by atoms with E-state index in [-0.39, 0.29) is 17.4 Å². The number of rotatable bonds is 5. The van der Waals surface area contributed by atoms with Gasteiger partial charge in [0.15, 0.2) is 15.0 Å². The van der Waals surface area contributed by atoms with Crippen molar-refractivity contribution >= 4 is 33.2 Å². The van der Waals surface area contributed by atoms with Crippen LogP contribution < -0.4 is 4.90 Å². The number of nitrogens with zero attached hydrogens (tertiary/aromatic N) is 3. The molecule has 24 heavy (non-hydrogen) atoms. The number of anilines is 1. The smallest absolute Gasteiger partial charge is 0.238 e. The van der Waals surface area contributed by atoms with Crippen LogP contribution >= 0.6 is 11.8 Å². The maximum atomic E-state index is 12.7. The molecule has 2 heterocycles. The molecule has 0 spiro atoms. The van der Waals surface area contributed by atoms with Crippen LogP contribution in [-0.2, 0) is 14.6 Å². The molecule has 124 valence electrons. The fourth-order valence-corrected chi connectivity index (χ4v) is 4.32. The second kappa shape index (κ2) is 7.14. The van der Waals surface area contributed by atoms with Crippen LogP contribution in [0.3, 0.4) is 0 Å². The molecular formula is C16H15N3O3S2. The molecule has 1 aromatic heterocycles. The van der Waals surface area contributed by atoms with Crippen LogP contribution in [0, 0.1) is 0 Å². The number of aromatic nitrogens is 2. The number of hydrogen-bond donors (Lipinski definition) is 0. The lowest BCUT2D eigenvalue weighted by molar-refractivity contribution is -0.116. The van der Waals surface area contributed by atoms with Gasteiger partial charge in [-0.3, -0.25) is 4.79 Å². The van der Waals surface area contributed by atoms with Crippen molar-refractivity contribution in [3.8, 4) is 0 Å². The minimum atomic E-state index is -3.26. The van der Waals surface area contributed by atoms with Crippen molar-refractivity contribution in [3.63, 3.8) is 0 Å². The maximum absolute atomic E-state index is 12.7. The first kappa shape index (κ1) is 16.7. The fourth-order valence-electron chi connectivity index (χ4n) is 2.38. The van der Waals surface area contributed by atoms with E-state index in [2.05, 4.69) is 9.97 Å². The van der Waals surface area contributed by atoms with Gasteiger partial charge >= 0.3 is 0 Å². The van der Waals surface area contributed by atoms with Crippen LogP contribution in [0.1, 0.15) is 0 Å². The Bertz CT molecular complexity index is 839. The highest BCUT2D eigenvalue weighted by molar-refractivity contribution is 7.99. The minimum Gasteiger partial charge on any atom is -0.304 e. The third-order valence-electron chi connectivity index (χ3n) is 3.41. The Morgan fingerprint density at radius 3 is 2.50 bits per heavy atom. The number of para-hydroxylation sites is 1. The van der Waals surface area contributed by atoms with Crippen molar-refractivity contribution in [2.24, 2.45) is 0 Å². The number of hydrogen-bond acceptors (Lipinski definition) is 6. The van der Waals surface area contributed by atoms with E-state index >= 15 is 0 Å². The zero-order chi connectivity index (χ0) is 17.0. The van der Waals surface area contributed by atoms with Gasteiger partial charge in [0.05, 0.1) is 17.5 Å². The standard InChI is InChI=1S/C16H15N3O3S2/c20-15(11-23-16-17-8-4-9-18-16)19(13-5-2-1-3-6-13)14-7-10-24(21,22)12-14/h1-10,14H,11-12H2/t14-/m0/s1. The highest BCUT2D eigenvalue weighted by atomic mass is 32.2. The largest absolute Gasteiger partial charge is 0.304 e. The quantitative estimate of drug-likeness (QED) is 0.598. The summed E-state index contributed by atoms with van der Waals surface area (Å²) in [6.07, 6.45) is 4.78. The monoisotopic (exact) mass is 361 g/mol. The van der Waals surface area contributed by atoms with Gasteiger partial charge in [0, 0.05) is 23.5 Å². The van der Waals surface area contributed by atoms with Crippen molar-refractivity contribution in [2.45, 2.75) is 11.2 Å². The second-order valence-electron chi connectivity index (χ2n) is 5.14.